The van der Waals surface area contributed by atoms with E-state index in [1.54, 1.807) is 18.1 Å². The lowest BCUT2D eigenvalue weighted by Gasteiger charge is -2.03. The average Bonchev–Trinajstić information content (AvgIpc) is 2.96. The number of hydrogen-bond donors (Lipinski definition) is 0. The fourth-order valence-electron chi connectivity index (χ4n) is 2.08. The van der Waals surface area contributed by atoms with Crippen molar-refractivity contribution in [3.05, 3.63) is 63.9 Å². The number of aromatic nitrogens is 3. The molecule has 1 heterocycles. The molecule has 2 aromatic carbocycles. The molecule has 3 rings (SSSR count). The zero-order valence-corrected chi connectivity index (χ0v) is 14.2. The summed E-state index contributed by atoms with van der Waals surface area (Å²) < 4.78 is 7.87. The molecule has 0 radical (unpaired) electrons. The van der Waals surface area contributed by atoms with Crippen LogP contribution in [0.4, 0.5) is 0 Å². The first kappa shape index (κ1) is 15.1. The molecular formula is C16H13BrClN3O. The van der Waals surface area contributed by atoms with E-state index < -0.39 is 0 Å². The van der Waals surface area contributed by atoms with Gasteiger partial charge < -0.3 is 4.74 Å². The molecule has 0 unspecified atom stereocenters. The Hall–Kier alpha value is -1.85. The number of halogens is 2. The summed E-state index contributed by atoms with van der Waals surface area (Å²) in [6.45, 7) is 0.644. The first-order valence-electron chi connectivity index (χ1n) is 6.63. The second-order valence-corrected chi connectivity index (χ2v) is 6.06. The van der Waals surface area contributed by atoms with E-state index in [1.807, 2.05) is 42.5 Å². The molecule has 0 saturated carbocycles. The van der Waals surface area contributed by atoms with Crippen LogP contribution in [0.5, 0.6) is 5.75 Å². The van der Waals surface area contributed by atoms with Gasteiger partial charge in [-0.3, -0.25) is 0 Å². The van der Waals surface area contributed by atoms with Crippen LogP contribution in [-0.2, 0) is 6.54 Å². The Balaban J connectivity index is 1.81. The standard InChI is InChI=1S/C16H13BrClN3O/c1-22-13-5-2-11(3-6-13)9-21-10-19-16(20-21)14-7-4-12(17)8-15(14)18/h2-8,10H,9H2,1H3. The van der Waals surface area contributed by atoms with E-state index in [2.05, 4.69) is 26.0 Å². The first-order chi connectivity index (χ1) is 10.7. The van der Waals surface area contributed by atoms with Crippen LogP contribution in [0.2, 0.25) is 5.02 Å². The van der Waals surface area contributed by atoms with Crippen molar-refractivity contribution in [1.82, 2.24) is 14.8 Å². The van der Waals surface area contributed by atoms with E-state index in [1.165, 1.54) is 0 Å². The van der Waals surface area contributed by atoms with Gasteiger partial charge in [-0.15, -0.1) is 0 Å². The molecule has 0 bridgehead atoms. The maximum absolute atomic E-state index is 6.23. The lowest BCUT2D eigenvalue weighted by Crippen LogP contribution is -2.00. The Morgan fingerprint density at radius 2 is 1.95 bits per heavy atom. The Morgan fingerprint density at radius 1 is 1.18 bits per heavy atom. The van der Waals surface area contributed by atoms with Crippen molar-refractivity contribution >= 4 is 27.5 Å². The van der Waals surface area contributed by atoms with E-state index >= 15 is 0 Å². The quantitative estimate of drug-likeness (QED) is 0.675. The Labute approximate surface area is 141 Å². The second-order valence-electron chi connectivity index (χ2n) is 4.74. The third-order valence-corrected chi connectivity index (χ3v) is 4.02. The summed E-state index contributed by atoms with van der Waals surface area (Å²) in [4.78, 5) is 4.33. The number of methoxy groups -OCH3 is 1. The van der Waals surface area contributed by atoms with Crippen molar-refractivity contribution in [1.29, 1.82) is 0 Å². The van der Waals surface area contributed by atoms with Crippen LogP contribution < -0.4 is 4.74 Å². The maximum Gasteiger partial charge on any atom is 0.182 e. The molecule has 0 saturated heterocycles. The minimum atomic E-state index is 0.617. The Morgan fingerprint density at radius 3 is 2.64 bits per heavy atom. The van der Waals surface area contributed by atoms with Crippen LogP contribution in [0, 0.1) is 0 Å². The second kappa shape index (κ2) is 6.50. The number of benzene rings is 2. The fourth-order valence-corrected chi connectivity index (χ4v) is 2.84. The van der Waals surface area contributed by atoms with Gasteiger partial charge in [-0.2, -0.15) is 5.10 Å². The smallest absolute Gasteiger partial charge is 0.182 e. The molecule has 6 heteroatoms. The molecule has 112 valence electrons. The van der Waals surface area contributed by atoms with Crippen molar-refractivity contribution in [3.8, 4) is 17.1 Å². The van der Waals surface area contributed by atoms with Gasteiger partial charge in [0.1, 0.15) is 12.1 Å². The summed E-state index contributed by atoms with van der Waals surface area (Å²) in [5, 5.41) is 5.11. The van der Waals surface area contributed by atoms with Crippen molar-refractivity contribution in [2.45, 2.75) is 6.54 Å². The zero-order valence-electron chi connectivity index (χ0n) is 11.8. The minimum absolute atomic E-state index is 0.617. The van der Waals surface area contributed by atoms with Gasteiger partial charge in [0.25, 0.3) is 0 Å². The van der Waals surface area contributed by atoms with Gasteiger partial charge in [-0.1, -0.05) is 39.7 Å². The number of ether oxygens (including phenoxy) is 1. The molecule has 0 N–H and O–H groups in total. The topological polar surface area (TPSA) is 39.9 Å². The highest BCUT2D eigenvalue weighted by atomic mass is 79.9. The van der Waals surface area contributed by atoms with Crippen LogP contribution in [0.15, 0.2) is 53.3 Å². The number of rotatable bonds is 4. The Kier molecular flexibility index (Phi) is 4.45. The van der Waals surface area contributed by atoms with E-state index in [9.17, 15) is 0 Å². The van der Waals surface area contributed by atoms with E-state index in [-0.39, 0.29) is 0 Å². The summed E-state index contributed by atoms with van der Waals surface area (Å²) in [6.07, 6.45) is 1.71. The number of nitrogens with zero attached hydrogens (tertiary/aromatic N) is 3. The molecule has 3 aromatic rings. The third-order valence-electron chi connectivity index (χ3n) is 3.21. The maximum atomic E-state index is 6.23. The molecule has 0 aliphatic rings. The number of hydrogen-bond acceptors (Lipinski definition) is 3. The zero-order chi connectivity index (χ0) is 15.5. The van der Waals surface area contributed by atoms with Gasteiger partial charge in [0.2, 0.25) is 0 Å². The van der Waals surface area contributed by atoms with Crippen LogP contribution in [0.1, 0.15) is 5.56 Å². The molecule has 0 atom stereocenters. The van der Waals surface area contributed by atoms with Crippen molar-refractivity contribution in [2.75, 3.05) is 7.11 Å². The molecule has 0 aliphatic heterocycles. The van der Waals surface area contributed by atoms with Gasteiger partial charge in [0.15, 0.2) is 5.82 Å². The van der Waals surface area contributed by atoms with Gasteiger partial charge in [-0.25, -0.2) is 9.67 Å². The molecule has 0 amide bonds. The van der Waals surface area contributed by atoms with E-state index in [0.717, 1.165) is 21.3 Å². The lowest BCUT2D eigenvalue weighted by molar-refractivity contribution is 0.414. The highest BCUT2D eigenvalue weighted by Crippen LogP contribution is 2.28. The predicted molar refractivity (Wildman–Crippen MR) is 90.3 cm³/mol. The van der Waals surface area contributed by atoms with Crippen molar-refractivity contribution in [2.24, 2.45) is 0 Å². The molecule has 1 aromatic heterocycles. The van der Waals surface area contributed by atoms with E-state index in [4.69, 9.17) is 16.3 Å². The average molecular weight is 379 g/mol. The largest absolute Gasteiger partial charge is 0.497 e. The third kappa shape index (κ3) is 3.31. The molecule has 0 fully saturated rings. The Bertz CT molecular complexity index is 786. The molecule has 4 nitrogen and oxygen atoms in total. The van der Waals surface area contributed by atoms with Gasteiger partial charge in [-0.05, 0) is 35.9 Å². The lowest BCUT2D eigenvalue weighted by atomic mass is 10.2. The summed E-state index contributed by atoms with van der Waals surface area (Å²) in [7, 11) is 1.65. The van der Waals surface area contributed by atoms with E-state index in [0.29, 0.717) is 17.4 Å². The van der Waals surface area contributed by atoms with Crippen LogP contribution in [-0.4, -0.2) is 21.9 Å². The summed E-state index contributed by atoms with van der Waals surface area (Å²) in [5.41, 5.74) is 1.94. The molecular weight excluding hydrogens is 366 g/mol. The van der Waals surface area contributed by atoms with Crippen molar-refractivity contribution < 1.29 is 4.74 Å². The summed E-state index contributed by atoms with van der Waals surface area (Å²) in [5.74, 6) is 1.45. The van der Waals surface area contributed by atoms with Crippen LogP contribution in [0.3, 0.4) is 0 Å². The predicted octanol–water partition coefficient (Wildman–Crippen LogP) is 4.42. The minimum Gasteiger partial charge on any atom is -0.497 e. The normalized spacial score (nSPS) is 10.7. The van der Waals surface area contributed by atoms with Crippen LogP contribution >= 0.6 is 27.5 Å². The van der Waals surface area contributed by atoms with Gasteiger partial charge in [0, 0.05) is 10.0 Å². The highest BCUT2D eigenvalue weighted by molar-refractivity contribution is 9.10. The molecule has 0 spiro atoms. The fraction of sp³-hybridized carbons (Fsp3) is 0.125. The summed E-state index contributed by atoms with van der Waals surface area (Å²) in [6, 6.07) is 13.5. The molecule has 0 aliphatic carbocycles. The van der Waals surface area contributed by atoms with Gasteiger partial charge >= 0.3 is 0 Å². The highest BCUT2D eigenvalue weighted by Gasteiger charge is 2.09. The first-order valence-corrected chi connectivity index (χ1v) is 7.80. The van der Waals surface area contributed by atoms with Crippen LogP contribution in [0.25, 0.3) is 11.4 Å². The molecule has 22 heavy (non-hydrogen) atoms. The SMILES string of the molecule is COc1ccc(Cn2cnc(-c3ccc(Br)cc3Cl)n2)cc1. The van der Waals surface area contributed by atoms with Crippen molar-refractivity contribution in [3.63, 3.8) is 0 Å². The summed E-state index contributed by atoms with van der Waals surface area (Å²) >= 11 is 9.62. The monoisotopic (exact) mass is 377 g/mol. The van der Waals surface area contributed by atoms with Gasteiger partial charge in [0.05, 0.1) is 18.7 Å².